The zero-order valence-corrected chi connectivity index (χ0v) is 40.1. The summed E-state index contributed by atoms with van der Waals surface area (Å²) in [4.78, 5) is 47.7. The molecule has 0 saturated carbocycles. The molecule has 0 radical (unpaired) electrons. The summed E-state index contributed by atoms with van der Waals surface area (Å²) in [6.07, 6.45) is 3.29. The summed E-state index contributed by atoms with van der Waals surface area (Å²) in [7, 11) is 0. The number of anilines is 2. The van der Waals surface area contributed by atoms with Crippen molar-refractivity contribution in [3.8, 4) is 0 Å². The minimum atomic E-state index is -0.704. The fourth-order valence-corrected chi connectivity index (χ4v) is 12.3. The molecule has 6 heterocycles. The van der Waals surface area contributed by atoms with E-state index in [1.165, 1.54) is 0 Å². The van der Waals surface area contributed by atoms with E-state index in [1.54, 1.807) is 0 Å². The van der Waals surface area contributed by atoms with E-state index in [9.17, 15) is 9.59 Å². The number of ether oxygens (including phenoxy) is 1. The van der Waals surface area contributed by atoms with E-state index in [0.29, 0.717) is 57.1 Å². The topological polar surface area (TPSA) is 173 Å². The van der Waals surface area contributed by atoms with Crippen LogP contribution < -0.4 is 37.2 Å². The van der Waals surface area contributed by atoms with Gasteiger partial charge < -0.3 is 41.1 Å². The lowest BCUT2D eigenvalue weighted by Gasteiger charge is -2.51. The van der Waals surface area contributed by atoms with Crippen molar-refractivity contribution in [3.63, 3.8) is 0 Å². The van der Waals surface area contributed by atoms with E-state index >= 15 is 0 Å². The first-order valence-corrected chi connectivity index (χ1v) is 22.7. The van der Waals surface area contributed by atoms with Gasteiger partial charge in [0.05, 0.1) is 17.7 Å². The number of piperazine rings is 2. The molecule has 1 aromatic rings. The molecule has 5 saturated heterocycles. The number of aromatic nitrogens is 3. The molecule has 15 nitrogen and oxygen atoms in total. The van der Waals surface area contributed by atoms with Crippen molar-refractivity contribution < 1.29 is 14.3 Å². The summed E-state index contributed by atoms with van der Waals surface area (Å²) in [6.45, 7) is 38.8. The Balaban J connectivity index is 1.40. The quantitative estimate of drug-likeness (QED) is 0.170. The molecule has 0 bridgehead atoms. The van der Waals surface area contributed by atoms with Crippen LogP contribution in [-0.2, 0) is 14.3 Å². The Bertz CT molecular complexity index is 1590. The van der Waals surface area contributed by atoms with Gasteiger partial charge in [-0.2, -0.15) is 15.0 Å². The van der Waals surface area contributed by atoms with Crippen molar-refractivity contribution in [1.82, 2.24) is 51.3 Å². The maximum absolute atomic E-state index is 14.1. The summed E-state index contributed by atoms with van der Waals surface area (Å²) in [6, 6.07) is -0.310. The maximum Gasteiger partial charge on any atom is 0.242 e. The number of hydrogen-bond donors (Lipinski definition) is 7. The lowest BCUT2D eigenvalue weighted by molar-refractivity contribution is -0.144. The van der Waals surface area contributed by atoms with E-state index in [0.717, 1.165) is 32.2 Å². The number of piperidine rings is 2. The van der Waals surface area contributed by atoms with Gasteiger partial charge in [-0.1, -0.05) is 0 Å². The first kappa shape index (κ1) is 46.8. The molecular formula is C45H82N12O3. The third-order valence-corrected chi connectivity index (χ3v) is 13.0. The Morgan fingerprint density at radius 2 is 0.967 bits per heavy atom. The van der Waals surface area contributed by atoms with Crippen LogP contribution in [0.1, 0.15) is 148 Å². The van der Waals surface area contributed by atoms with Crippen LogP contribution >= 0.6 is 0 Å². The number of nitrogens with zero attached hydrogens (tertiary/aromatic N) is 5. The Kier molecular flexibility index (Phi) is 12.6. The van der Waals surface area contributed by atoms with Gasteiger partial charge in [0.15, 0.2) is 5.82 Å². The van der Waals surface area contributed by atoms with Crippen molar-refractivity contribution in [3.05, 3.63) is 5.82 Å². The van der Waals surface area contributed by atoms with E-state index in [-0.39, 0.29) is 75.1 Å². The standard InChI is InChI=1S/C45H82N12O3/c1-38(2)19-28(20-39(3,4)52-38)30(24-56-26-42(9,10)54-44(13,14)34(56)58)47-36-49-33(32-23-46-17-18-60-32)50-37(51-36)48-31(29-21-40(5,6)53-41(7,8)22-29)25-57-27-43(11,12)55-45(15,16)35(57)59/h28-32,46,52-55H,17-27H2,1-16H3,(H2,47,48,49,50,51). The lowest BCUT2D eigenvalue weighted by atomic mass is 9.72. The van der Waals surface area contributed by atoms with E-state index in [2.05, 4.69) is 120 Å². The van der Waals surface area contributed by atoms with Gasteiger partial charge in [0, 0.05) is 84.6 Å². The van der Waals surface area contributed by atoms with E-state index in [1.807, 2.05) is 37.5 Å². The van der Waals surface area contributed by atoms with Crippen LogP contribution in [0, 0.1) is 11.8 Å². The lowest BCUT2D eigenvalue weighted by Crippen LogP contribution is -2.71. The van der Waals surface area contributed by atoms with Gasteiger partial charge in [-0.05, 0) is 148 Å². The Labute approximate surface area is 361 Å². The number of amides is 2. The van der Waals surface area contributed by atoms with Crippen molar-refractivity contribution in [2.45, 2.75) is 199 Å². The molecule has 0 spiro atoms. The molecule has 1 aromatic heterocycles. The molecular weight excluding hydrogens is 757 g/mol. The molecule has 5 aliphatic heterocycles. The number of nitrogens with one attached hydrogen (secondary N) is 7. The molecule has 3 unspecified atom stereocenters. The van der Waals surface area contributed by atoms with Gasteiger partial charge in [-0.15, -0.1) is 0 Å². The Morgan fingerprint density at radius 1 is 0.583 bits per heavy atom. The van der Waals surface area contributed by atoms with Gasteiger partial charge in [0.2, 0.25) is 23.7 Å². The highest BCUT2D eigenvalue weighted by Crippen LogP contribution is 2.39. The fourth-order valence-electron chi connectivity index (χ4n) is 12.3. The molecule has 0 aliphatic carbocycles. The Hall–Kier alpha value is -2.69. The zero-order valence-electron chi connectivity index (χ0n) is 40.1. The second-order valence-electron chi connectivity index (χ2n) is 24.2. The Morgan fingerprint density at radius 3 is 1.32 bits per heavy atom. The minimum Gasteiger partial charge on any atom is -0.368 e. The molecule has 5 aliphatic rings. The highest BCUT2D eigenvalue weighted by molar-refractivity contribution is 5.87. The second-order valence-corrected chi connectivity index (χ2v) is 24.2. The number of carbonyl (C=O) groups is 2. The number of carbonyl (C=O) groups excluding carboxylic acids is 2. The maximum atomic E-state index is 14.1. The van der Waals surface area contributed by atoms with E-state index < -0.39 is 11.1 Å². The molecule has 15 heteroatoms. The smallest absolute Gasteiger partial charge is 0.242 e. The summed E-state index contributed by atoms with van der Waals surface area (Å²) >= 11 is 0. The fraction of sp³-hybridized carbons (Fsp3) is 0.889. The van der Waals surface area contributed by atoms with Crippen molar-refractivity contribution in [2.75, 3.05) is 56.5 Å². The van der Waals surface area contributed by atoms with Crippen LogP contribution in [0.2, 0.25) is 0 Å². The van der Waals surface area contributed by atoms with Crippen LogP contribution in [0.15, 0.2) is 0 Å². The van der Waals surface area contributed by atoms with Gasteiger partial charge in [-0.25, -0.2) is 0 Å². The zero-order chi connectivity index (χ0) is 44.5. The monoisotopic (exact) mass is 839 g/mol. The van der Waals surface area contributed by atoms with Gasteiger partial charge in [0.25, 0.3) is 0 Å². The largest absolute Gasteiger partial charge is 0.368 e. The summed E-state index contributed by atoms with van der Waals surface area (Å²) in [5.74, 6) is 2.05. The van der Waals surface area contributed by atoms with Gasteiger partial charge in [-0.3, -0.25) is 20.2 Å². The molecule has 7 N–H and O–H groups in total. The van der Waals surface area contributed by atoms with Crippen LogP contribution in [0.25, 0.3) is 0 Å². The highest BCUT2D eigenvalue weighted by atomic mass is 16.5. The van der Waals surface area contributed by atoms with Crippen LogP contribution in [0.4, 0.5) is 11.9 Å². The molecule has 0 aromatic carbocycles. The normalized spacial score (nSPS) is 29.4. The average molecular weight is 839 g/mol. The third-order valence-electron chi connectivity index (χ3n) is 13.0. The molecule has 5 fully saturated rings. The van der Waals surface area contributed by atoms with Crippen LogP contribution in [0.5, 0.6) is 0 Å². The van der Waals surface area contributed by atoms with Crippen molar-refractivity contribution in [2.24, 2.45) is 11.8 Å². The predicted molar refractivity (Wildman–Crippen MR) is 240 cm³/mol. The van der Waals surface area contributed by atoms with Crippen molar-refractivity contribution in [1.29, 1.82) is 0 Å². The van der Waals surface area contributed by atoms with Crippen molar-refractivity contribution >= 4 is 23.7 Å². The molecule has 340 valence electrons. The van der Waals surface area contributed by atoms with Crippen LogP contribution in [-0.4, -0.2) is 139 Å². The predicted octanol–water partition coefficient (Wildman–Crippen LogP) is 4.19. The van der Waals surface area contributed by atoms with Crippen LogP contribution in [0.3, 0.4) is 0 Å². The highest BCUT2D eigenvalue weighted by Gasteiger charge is 2.49. The number of hydrogen-bond acceptors (Lipinski definition) is 13. The first-order valence-electron chi connectivity index (χ1n) is 22.7. The van der Waals surface area contributed by atoms with Gasteiger partial charge >= 0.3 is 0 Å². The van der Waals surface area contributed by atoms with E-state index in [4.69, 9.17) is 19.7 Å². The number of rotatable bonds is 11. The minimum absolute atomic E-state index is 0.0888. The molecule has 60 heavy (non-hydrogen) atoms. The summed E-state index contributed by atoms with van der Waals surface area (Å²) in [5, 5.41) is 26.0. The molecule has 3 atom stereocenters. The SMILES string of the molecule is CC1(C)CC(C(CN2CC(C)(C)NC(C)(C)C2=O)Nc2nc(NC(CN3CC(C)(C)NC(C)(C)C3=O)C3CC(C)(C)NC(C)(C)C3)nc(C3CNCCO3)n2)CC(C)(C)N1. The number of morpholine rings is 1. The second kappa shape index (κ2) is 16.1. The molecule has 2 amide bonds. The van der Waals surface area contributed by atoms with Gasteiger partial charge in [0.1, 0.15) is 6.10 Å². The third kappa shape index (κ3) is 11.5. The summed E-state index contributed by atoms with van der Waals surface area (Å²) < 4.78 is 6.28. The first-order chi connectivity index (χ1) is 27.3. The average Bonchev–Trinajstić information content (AvgIpc) is 3.05. The molecule has 6 rings (SSSR count). The summed E-state index contributed by atoms with van der Waals surface area (Å²) in [5.41, 5.74) is -2.41.